The van der Waals surface area contributed by atoms with Crippen LogP contribution in [0.15, 0.2) is 253 Å². The van der Waals surface area contributed by atoms with Gasteiger partial charge in [-0.1, -0.05) is 200 Å². The molecule has 1 aromatic heterocycles. The maximum atomic E-state index is 6.28. The average molecular weight is 816 g/mol. The minimum atomic E-state index is 0.885. The molecule has 0 aliphatic heterocycles. The van der Waals surface area contributed by atoms with E-state index in [0.29, 0.717) is 0 Å². The fourth-order valence-corrected chi connectivity index (χ4v) is 9.56. The van der Waals surface area contributed by atoms with Crippen molar-refractivity contribution < 1.29 is 4.42 Å². The van der Waals surface area contributed by atoms with E-state index < -0.39 is 0 Å². The van der Waals surface area contributed by atoms with Gasteiger partial charge in [0.05, 0.1) is 11.4 Å². The van der Waals surface area contributed by atoms with Crippen LogP contribution in [0.2, 0.25) is 0 Å². The van der Waals surface area contributed by atoms with Crippen molar-refractivity contribution in [3.05, 3.63) is 249 Å². The van der Waals surface area contributed by atoms with Gasteiger partial charge >= 0.3 is 0 Å². The minimum Gasteiger partial charge on any atom is -0.456 e. The molecule has 11 aromatic carbocycles. The van der Waals surface area contributed by atoms with Crippen molar-refractivity contribution in [2.24, 2.45) is 0 Å². The first kappa shape index (κ1) is 37.3. The van der Waals surface area contributed by atoms with Crippen molar-refractivity contribution in [3.8, 4) is 55.6 Å². The molecule has 0 saturated heterocycles. The molecule has 0 atom stereocenters. The highest BCUT2D eigenvalue weighted by Gasteiger charge is 2.22. The Morgan fingerprint density at radius 2 is 0.750 bits per heavy atom. The van der Waals surface area contributed by atoms with E-state index in [9.17, 15) is 0 Å². The molecule has 300 valence electrons. The fourth-order valence-electron chi connectivity index (χ4n) is 9.56. The number of hydrogen-bond donors (Lipinski definition) is 0. The van der Waals surface area contributed by atoms with Crippen LogP contribution in [0.3, 0.4) is 0 Å². The standard InChI is InChI=1S/C62H41NO/c1-2-16-47-40-48(33-30-42(47)14-1)53-19-5-6-21-55(53)56-22-8-11-26-60(56)63(59-25-10-7-20-54(59)49-36-39-62-58(41-49)57-23-9-12-27-61(57)64-62)50-37-34-44(35-38-50)43-28-31-46(32-29-43)52-24-13-17-45-15-3-4-18-51(45)52/h1-41H. The average Bonchev–Trinajstić information content (AvgIpc) is 3.75. The molecule has 0 aliphatic rings. The molecule has 12 rings (SSSR count). The van der Waals surface area contributed by atoms with Gasteiger partial charge in [0.25, 0.3) is 0 Å². The van der Waals surface area contributed by atoms with Crippen LogP contribution in [0.5, 0.6) is 0 Å². The molecule has 2 nitrogen and oxygen atoms in total. The Kier molecular flexibility index (Phi) is 9.20. The normalized spacial score (nSPS) is 11.4. The number of hydrogen-bond acceptors (Lipinski definition) is 2. The summed E-state index contributed by atoms with van der Waals surface area (Å²) in [5, 5.41) is 7.20. The van der Waals surface area contributed by atoms with Crippen molar-refractivity contribution in [1.29, 1.82) is 0 Å². The van der Waals surface area contributed by atoms with Crippen LogP contribution in [-0.4, -0.2) is 0 Å². The third-order valence-electron chi connectivity index (χ3n) is 12.7. The van der Waals surface area contributed by atoms with Crippen molar-refractivity contribution in [1.82, 2.24) is 0 Å². The summed E-state index contributed by atoms with van der Waals surface area (Å²) in [6.07, 6.45) is 0. The number of anilines is 3. The van der Waals surface area contributed by atoms with Crippen LogP contribution in [-0.2, 0) is 0 Å². The molecular weight excluding hydrogens is 775 g/mol. The molecular formula is C62H41NO. The molecule has 0 amide bonds. The van der Waals surface area contributed by atoms with Crippen molar-refractivity contribution in [2.75, 3.05) is 4.90 Å². The van der Waals surface area contributed by atoms with Gasteiger partial charge in [-0.3, -0.25) is 0 Å². The highest BCUT2D eigenvalue weighted by atomic mass is 16.3. The summed E-state index contributed by atoms with van der Waals surface area (Å²) in [6, 6.07) is 89.8. The predicted molar refractivity (Wildman–Crippen MR) is 271 cm³/mol. The molecule has 0 saturated carbocycles. The topological polar surface area (TPSA) is 16.4 Å². The van der Waals surface area contributed by atoms with Crippen molar-refractivity contribution in [2.45, 2.75) is 0 Å². The maximum Gasteiger partial charge on any atom is 0.135 e. The van der Waals surface area contributed by atoms with E-state index in [2.05, 4.69) is 241 Å². The first-order valence-corrected chi connectivity index (χ1v) is 21.9. The molecule has 2 heteroatoms. The van der Waals surface area contributed by atoms with Gasteiger partial charge in [-0.2, -0.15) is 0 Å². The van der Waals surface area contributed by atoms with Crippen LogP contribution in [0.4, 0.5) is 17.1 Å². The Bertz CT molecular complexity index is 3670. The number of nitrogens with zero attached hydrogens (tertiary/aromatic N) is 1. The van der Waals surface area contributed by atoms with Crippen LogP contribution in [0, 0.1) is 0 Å². The van der Waals surface area contributed by atoms with Gasteiger partial charge in [0, 0.05) is 27.6 Å². The van der Waals surface area contributed by atoms with Gasteiger partial charge in [-0.15, -0.1) is 0 Å². The molecule has 0 N–H and O–H groups in total. The lowest BCUT2D eigenvalue weighted by molar-refractivity contribution is 0.669. The first-order valence-electron chi connectivity index (χ1n) is 21.9. The van der Waals surface area contributed by atoms with Crippen molar-refractivity contribution >= 4 is 60.5 Å². The highest BCUT2D eigenvalue weighted by Crippen LogP contribution is 2.47. The van der Waals surface area contributed by atoms with Gasteiger partial charge in [0.1, 0.15) is 11.2 Å². The summed E-state index contributed by atoms with van der Waals surface area (Å²) in [5.74, 6) is 0. The van der Waals surface area contributed by atoms with E-state index in [1.165, 1.54) is 54.9 Å². The summed E-state index contributed by atoms with van der Waals surface area (Å²) in [4.78, 5) is 2.44. The predicted octanol–water partition coefficient (Wildman–Crippen LogP) is 17.7. The maximum absolute atomic E-state index is 6.28. The zero-order chi connectivity index (χ0) is 42.4. The largest absolute Gasteiger partial charge is 0.456 e. The third-order valence-corrected chi connectivity index (χ3v) is 12.7. The Balaban J connectivity index is 1.00. The summed E-state index contributed by atoms with van der Waals surface area (Å²) in [7, 11) is 0. The Hall–Kier alpha value is -8.46. The number of rotatable bonds is 8. The highest BCUT2D eigenvalue weighted by molar-refractivity contribution is 6.07. The monoisotopic (exact) mass is 815 g/mol. The van der Waals surface area contributed by atoms with Crippen LogP contribution in [0.25, 0.3) is 99.1 Å². The number of fused-ring (bicyclic) bond motifs is 5. The quantitative estimate of drug-likeness (QED) is 0.152. The van der Waals surface area contributed by atoms with E-state index in [-0.39, 0.29) is 0 Å². The molecule has 0 spiro atoms. The van der Waals surface area contributed by atoms with Crippen LogP contribution >= 0.6 is 0 Å². The lowest BCUT2D eigenvalue weighted by Crippen LogP contribution is -2.12. The zero-order valence-corrected chi connectivity index (χ0v) is 35.0. The van der Waals surface area contributed by atoms with E-state index in [1.54, 1.807) is 0 Å². The molecule has 1 heterocycles. The van der Waals surface area contributed by atoms with E-state index in [1.807, 2.05) is 12.1 Å². The van der Waals surface area contributed by atoms with Gasteiger partial charge in [0.2, 0.25) is 0 Å². The van der Waals surface area contributed by atoms with Crippen LogP contribution < -0.4 is 4.90 Å². The van der Waals surface area contributed by atoms with Gasteiger partial charge in [-0.25, -0.2) is 0 Å². The Morgan fingerprint density at radius 1 is 0.250 bits per heavy atom. The van der Waals surface area contributed by atoms with E-state index in [0.717, 1.165) is 61.3 Å². The summed E-state index contributed by atoms with van der Waals surface area (Å²) in [5.41, 5.74) is 16.7. The summed E-state index contributed by atoms with van der Waals surface area (Å²) >= 11 is 0. The molecule has 0 aliphatic carbocycles. The minimum absolute atomic E-state index is 0.885. The fraction of sp³-hybridized carbons (Fsp3) is 0. The zero-order valence-electron chi connectivity index (χ0n) is 35.0. The smallest absolute Gasteiger partial charge is 0.135 e. The molecule has 0 bridgehead atoms. The second kappa shape index (κ2) is 15.8. The van der Waals surface area contributed by atoms with Gasteiger partial charge in [0.15, 0.2) is 0 Å². The Labute approximate surface area is 372 Å². The molecule has 64 heavy (non-hydrogen) atoms. The number of para-hydroxylation sites is 3. The second-order valence-corrected chi connectivity index (χ2v) is 16.4. The SMILES string of the molecule is c1ccc(-c2ccccc2N(c2ccc(-c3ccc(-c4cccc5ccccc45)cc3)cc2)c2ccccc2-c2ccc3oc4ccccc4c3c2)c(-c2ccc3ccccc3c2)c1. The van der Waals surface area contributed by atoms with Gasteiger partial charge < -0.3 is 9.32 Å². The summed E-state index contributed by atoms with van der Waals surface area (Å²) < 4.78 is 6.28. The molecule has 0 radical (unpaired) electrons. The first-order chi connectivity index (χ1) is 31.7. The third kappa shape index (κ3) is 6.61. The van der Waals surface area contributed by atoms with E-state index >= 15 is 0 Å². The second-order valence-electron chi connectivity index (χ2n) is 16.4. The molecule has 12 aromatic rings. The number of benzene rings is 11. The van der Waals surface area contributed by atoms with Gasteiger partial charge in [-0.05, 0) is 115 Å². The number of furan rings is 1. The molecule has 0 fully saturated rings. The lowest BCUT2D eigenvalue weighted by Gasteiger charge is -2.30. The van der Waals surface area contributed by atoms with Crippen LogP contribution in [0.1, 0.15) is 0 Å². The Morgan fingerprint density at radius 3 is 1.55 bits per heavy atom. The molecule has 0 unspecified atom stereocenters. The van der Waals surface area contributed by atoms with Crippen molar-refractivity contribution in [3.63, 3.8) is 0 Å². The lowest BCUT2D eigenvalue weighted by atomic mass is 9.91. The summed E-state index contributed by atoms with van der Waals surface area (Å²) in [6.45, 7) is 0. The van der Waals surface area contributed by atoms with E-state index in [4.69, 9.17) is 4.42 Å².